The first-order chi connectivity index (χ1) is 12.2. The van der Waals surface area contributed by atoms with Gasteiger partial charge in [0.15, 0.2) is 5.76 Å². The van der Waals surface area contributed by atoms with E-state index >= 15 is 0 Å². The fourth-order valence-corrected chi connectivity index (χ4v) is 3.53. The van der Waals surface area contributed by atoms with Gasteiger partial charge in [-0.05, 0) is 49.6 Å². The highest BCUT2D eigenvalue weighted by Gasteiger charge is 2.25. The number of carbonyl (C=O) groups is 1. The van der Waals surface area contributed by atoms with Gasteiger partial charge in [0, 0.05) is 18.5 Å². The summed E-state index contributed by atoms with van der Waals surface area (Å²) in [4.78, 5) is 14.3. The Labute approximate surface area is 146 Å². The number of para-hydroxylation sites is 1. The monoisotopic (exact) mass is 338 g/mol. The number of fused-ring (bicyclic) bond motifs is 1. The number of aryl methyl sites for hydroxylation is 1. The number of furan rings is 2. The quantitative estimate of drug-likeness (QED) is 0.772. The van der Waals surface area contributed by atoms with E-state index in [1.54, 1.807) is 12.1 Å². The topological polar surface area (TPSA) is 58.6 Å². The lowest BCUT2D eigenvalue weighted by Gasteiger charge is -2.15. The highest BCUT2D eigenvalue weighted by atomic mass is 16.3. The lowest BCUT2D eigenvalue weighted by Crippen LogP contribution is -2.30. The first-order valence-corrected chi connectivity index (χ1v) is 8.72. The summed E-state index contributed by atoms with van der Waals surface area (Å²) in [6.45, 7) is 5.61. The van der Waals surface area contributed by atoms with Crippen molar-refractivity contribution >= 4 is 16.9 Å². The molecular formula is C20H22N2O3. The van der Waals surface area contributed by atoms with Crippen molar-refractivity contribution in [3.63, 3.8) is 0 Å². The zero-order valence-corrected chi connectivity index (χ0v) is 14.3. The van der Waals surface area contributed by atoms with Crippen LogP contribution in [0.25, 0.3) is 11.0 Å². The molecule has 0 bridgehead atoms. The maximum atomic E-state index is 11.9. The second kappa shape index (κ2) is 6.76. The van der Waals surface area contributed by atoms with Crippen LogP contribution in [0, 0.1) is 12.8 Å². The number of benzene rings is 1. The molecule has 1 amide bonds. The van der Waals surface area contributed by atoms with Crippen molar-refractivity contribution in [2.75, 3.05) is 19.6 Å². The average molecular weight is 338 g/mol. The van der Waals surface area contributed by atoms with Gasteiger partial charge in [-0.2, -0.15) is 0 Å². The fraction of sp³-hybridized carbons (Fsp3) is 0.350. The highest BCUT2D eigenvalue weighted by molar-refractivity contribution is 5.91. The third-order valence-corrected chi connectivity index (χ3v) is 4.98. The summed E-state index contributed by atoms with van der Waals surface area (Å²) in [5, 5.41) is 4.15. The largest absolute Gasteiger partial charge is 0.459 e. The van der Waals surface area contributed by atoms with Crippen molar-refractivity contribution in [3.05, 3.63) is 59.7 Å². The third-order valence-electron chi connectivity index (χ3n) is 4.98. The van der Waals surface area contributed by atoms with Crippen LogP contribution in [0.3, 0.4) is 0 Å². The molecule has 5 heteroatoms. The maximum Gasteiger partial charge on any atom is 0.286 e. The molecule has 1 unspecified atom stereocenters. The van der Waals surface area contributed by atoms with Gasteiger partial charge in [0.2, 0.25) is 0 Å². The van der Waals surface area contributed by atoms with Gasteiger partial charge in [0.25, 0.3) is 5.91 Å². The fourth-order valence-electron chi connectivity index (χ4n) is 3.53. The van der Waals surface area contributed by atoms with Crippen molar-refractivity contribution in [2.45, 2.75) is 19.9 Å². The zero-order chi connectivity index (χ0) is 17.2. The van der Waals surface area contributed by atoms with Gasteiger partial charge in [-0.1, -0.05) is 18.2 Å². The molecule has 0 radical (unpaired) electrons. The Morgan fingerprint density at radius 1 is 1.28 bits per heavy atom. The first kappa shape index (κ1) is 16.0. The maximum absolute atomic E-state index is 11.9. The molecule has 4 rings (SSSR count). The van der Waals surface area contributed by atoms with Crippen molar-refractivity contribution in [1.82, 2.24) is 10.2 Å². The Morgan fingerprint density at radius 3 is 2.96 bits per heavy atom. The molecule has 130 valence electrons. The number of amides is 1. The van der Waals surface area contributed by atoms with Crippen LogP contribution >= 0.6 is 0 Å². The van der Waals surface area contributed by atoms with Crippen LogP contribution in [-0.4, -0.2) is 30.4 Å². The normalized spacial score (nSPS) is 18.0. The molecule has 1 aliphatic heterocycles. The van der Waals surface area contributed by atoms with E-state index < -0.39 is 0 Å². The Balaban J connectivity index is 1.33. The standard InChI is InChI=1S/C20H22N2O3/c1-14-16-5-2-3-6-17(16)25-19(14)13-22-9-8-15(12-22)11-21-20(23)18-7-4-10-24-18/h2-7,10,15H,8-9,11-13H2,1H3,(H,21,23). The molecular weight excluding hydrogens is 316 g/mol. The number of carbonyl (C=O) groups excluding carboxylic acids is 1. The minimum atomic E-state index is -0.142. The predicted octanol–water partition coefficient (Wildman–Crippen LogP) is 3.59. The van der Waals surface area contributed by atoms with Crippen LogP contribution in [0.4, 0.5) is 0 Å². The Bertz CT molecular complexity index is 866. The smallest absolute Gasteiger partial charge is 0.286 e. The summed E-state index contributed by atoms with van der Waals surface area (Å²) in [7, 11) is 0. The molecule has 3 aromatic rings. The van der Waals surface area contributed by atoms with Gasteiger partial charge < -0.3 is 14.2 Å². The van der Waals surface area contributed by atoms with Crippen LogP contribution < -0.4 is 5.32 Å². The summed E-state index contributed by atoms with van der Waals surface area (Å²) in [6, 6.07) is 11.6. The second-order valence-corrected chi connectivity index (χ2v) is 6.72. The van der Waals surface area contributed by atoms with Crippen molar-refractivity contribution in [1.29, 1.82) is 0 Å². The average Bonchev–Trinajstić information content (AvgIpc) is 3.35. The zero-order valence-electron chi connectivity index (χ0n) is 14.3. The second-order valence-electron chi connectivity index (χ2n) is 6.72. The van der Waals surface area contributed by atoms with Crippen molar-refractivity contribution in [2.24, 2.45) is 5.92 Å². The molecule has 3 heterocycles. The predicted molar refractivity (Wildman–Crippen MR) is 95.4 cm³/mol. The van der Waals surface area contributed by atoms with E-state index in [0.717, 1.165) is 37.4 Å². The summed E-state index contributed by atoms with van der Waals surface area (Å²) < 4.78 is 11.1. The Hall–Kier alpha value is -2.53. The molecule has 1 fully saturated rings. The van der Waals surface area contributed by atoms with Crippen molar-refractivity contribution in [3.8, 4) is 0 Å². The Kier molecular flexibility index (Phi) is 4.32. The van der Waals surface area contributed by atoms with E-state index in [1.807, 2.05) is 18.2 Å². The number of likely N-dealkylation sites (tertiary alicyclic amines) is 1. The van der Waals surface area contributed by atoms with E-state index in [0.29, 0.717) is 18.2 Å². The number of hydrogen-bond acceptors (Lipinski definition) is 4. The molecule has 0 aliphatic carbocycles. The van der Waals surface area contributed by atoms with Crippen LogP contribution in [0.2, 0.25) is 0 Å². The number of hydrogen-bond donors (Lipinski definition) is 1. The first-order valence-electron chi connectivity index (χ1n) is 8.72. The number of nitrogens with zero attached hydrogens (tertiary/aromatic N) is 1. The molecule has 1 aliphatic rings. The van der Waals surface area contributed by atoms with E-state index in [2.05, 4.69) is 23.2 Å². The molecule has 25 heavy (non-hydrogen) atoms. The lowest BCUT2D eigenvalue weighted by atomic mass is 10.1. The van der Waals surface area contributed by atoms with E-state index in [9.17, 15) is 4.79 Å². The summed E-state index contributed by atoms with van der Waals surface area (Å²) in [6.07, 6.45) is 2.60. The SMILES string of the molecule is Cc1c(CN2CCC(CNC(=O)c3ccco3)C2)oc2ccccc12. The van der Waals surface area contributed by atoms with E-state index in [1.165, 1.54) is 17.2 Å². The molecule has 1 aromatic carbocycles. The van der Waals surface area contributed by atoms with E-state index in [4.69, 9.17) is 8.83 Å². The molecule has 5 nitrogen and oxygen atoms in total. The van der Waals surface area contributed by atoms with Gasteiger partial charge in [-0.25, -0.2) is 0 Å². The van der Waals surface area contributed by atoms with Gasteiger partial charge in [-0.3, -0.25) is 9.69 Å². The molecule has 1 N–H and O–H groups in total. The van der Waals surface area contributed by atoms with Crippen LogP contribution in [0.5, 0.6) is 0 Å². The summed E-state index contributed by atoms with van der Waals surface area (Å²) in [5.74, 6) is 1.73. The van der Waals surface area contributed by atoms with Gasteiger partial charge in [-0.15, -0.1) is 0 Å². The van der Waals surface area contributed by atoms with Crippen LogP contribution in [0.15, 0.2) is 51.5 Å². The molecule has 0 spiro atoms. The molecule has 2 aromatic heterocycles. The lowest BCUT2D eigenvalue weighted by molar-refractivity contribution is 0.0919. The highest BCUT2D eigenvalue weighted by Crippen LogP contribution is 2.27. The summed E-state index contributed by atoms with van der Waals surface area (Å²) in [5.41, 5.74) is 2.18. The van der Waals surface area contributed by atoms with E-state index in [-0.39, 0.29) is 5.91 Å². The molecule has 0 saturated carbocycles. The Morgan fingerprint density at radius 2 is 2.16 bits per heavy atom. The molecule has 1 saturated heterocycles. The van der Waals surface area contributed by atoms with Crippen LogP contribution in [-0.2, 0) is 6.54 Å². The van der Waals surface area contributed by atoms with Gasteiger partial charge >= 0.3 is 0 Å². The third kappa shape index (κ3) is 3.33. The van der Waals surface area contributed by atoms with Crippen molar-refractivity contribution < 1.29 is 13.6 Å². The van der Waals surface area contributed by atoms with Crippen LogP contribution in [0.1, 0.15) is 28.3 Å². The minimum absolute atomic E-state index is 0.142. The summed E-state index contributed by atoms with van der Waals surface area (Å²) >= 11 is 0. The minimum Gasteiger partial charge on any atom is -0.459 e. The van der Waals surface area contributed by atoms with Gasteiger partial charge in [0.1, 0.15) is 11.3 Å². The van der Waals surface area contributed by atoms with Gasteiger partial charge in [0.05, 0.1) is 12.8 Å². The number of rotatable bonds is 5. The number of nitrogens with one attached hydrogen (secondary N) is 1. The molecule has 1 atom stereocenters.